The Morgan fingerprint density at radius 3 is 2.61 bits per heavy atom. The molecule has 1 rings (SSSR count). The van der Waals surface area contributed by atoms with Gasteiger partial charge in [0.15, 0.2) is 0 Å². The number of amides is 1. The fourth-order valence-electron chi connectivity index (χ4n) is 1.65. The van der Waals surface area contributed by atoms with E-state index < -0.39 is 0 Å². The highest BCUT2D eigenvalue weighted by Gasteiger charge is 2.16. The average Bonchev–Trinajstić information content (AvgIpc) is 2.26. The Morgan fingerprint density at radius 1 is 1.44 bits per heavy atom. The van der Waals surface area contributed by atoms with Crippen molar-refractivity contribution in [1.29, 1.82) is 0 Å². The van der Waals surface area contributed by atoms with Crippen molar-refractivity contribution in [2.75, 3.05) is 0 Å². The number of carbonyl (C=O) groups excluding carboxylic acids is 1. The molecule has 0 fully saturated rings. The van der Waals surface area contributed by atoms with Gasteiger partial charge in [-0.3, -0.25) is 4.79 Å². The van der Waals surface area contributed by atoms with Crippen LogP contribution in [-0.4, -0.2) is 11.4 Å². The van der Waals surface area contributed by atoms with E-state index in [0.717, 1.165) is 0 Å². The van der Waals surface area contributed by atoms with Gasteiger partial charge in [0.1, 0.15) is 5.82 Å². The van der Waals surface area contributed by atoms with Crippen LogP contribution >= 0.6 is 0 Å². The maximum absolute atomic E-state index is 13.5. The number of nitrogens with one attached hydrogen (secondary N) is 1. The molecule has 1 aromatic rings. The zero-order valence-electron chi connectivity index (χ0n) is 11.2. The minimum atomic E-state index is -0.363. The Kier molecular flexibility index (Phi) is 4.84. The Morgan fingerprint density at radius 2 is 2.06 bits per heavy atom. The molecule has 0 unspecified atom stereocenters. The van der Waals surface area contributed by atoms with Crippen LogP contribution in [0.1, 0.15) is 45.2 Å². The molecule has 1 amide bonds. The second-order valence-corrected chi connectivity index (χ2v) is 5.30. The summed E-state index contributed by atoms with van der Waals surface area (Å²) in [6.07, 6.45) is 0.950. The molecular weight excluding hydrogens is 231 g/mol. The van der Waals surface area contributed by atoms with Gasteiger partial charge >= 0.3 is 0 Å². The van der Waals surface area contributed by atoms with Gasteiger partial charge in [0.2, 0.25) is 5.91 Å². The number of benzene rings is 1. The number of hydrogen-bond acceptors (Lipinski definition) is 2. The monoisotopic (exact) mass is 252 g/mol. The minimum Gasteiger partial charge on any atom is -0.349 e. The van der Waals surface area contributed by atoms with Crippen LogP contribution in [0.25, 0.3) is 0 Å². The SMILES string of the molecule is C[C@@H](NC(=O)CCC(C)(C)N)c1ccccc1F. The van der Waals surface area contributed by atoms with Crippen molar-refractivity contribution in [2.24, 2.45) is 5.73 Å². The van der Waals surface area contributed by atoms with Crippen LogP contribution in [-0.2, 0) is 4.79 Å². The summed E-state index contributed by atoms with van der Waals surface area (Å²) in [5.41, 5.74) is 5.95. The van der Waals surface area contributed by atoms with Crippen molar-refractivity contribution in [2.45, 2.75) is 45.2 Å². The zero-order chi connectivity index (χ0) is 13.8. The van der Waals surface area contributed by atoms with Crippen molar-refractivity contribution in [3.63, 3.8) is 0 Å². The summed E-state index contributed by atoms with van der Waals surface area (Å²) in [4.78, 5) is 11.7. The van der Waals surface area contributed by atoms with Gasteiger partial charge < -0.3 is 11.1 Å². The highest BCUT2D eigenvalue weighted by molar-refractivity contribution is 5.76. The van der Waals surface area contributed by atoms with Gasteiger partial charge in [-0.25, -0.2) is 4.39 Å². The van der Waals surface area contributed by atoms with Crippen LogP contribution in [0.2, 0.25) is 0 Å². The van der Waals surface area contributed by atoms with E-state index in [9.17, 15) is 9.18 Å². The lowest BCUT2D eigenvalue weighted by Gasteiger charge is -2.19. The van der Waals surface area contributed by atoms with Crippen LogP contribution in [0.4, 0.5) is 4.39 Å². The Balaban J connectivity index is 2.53. The van der Waals surface area contributed by atoms with Crippen molar-refractivity contribution in [1.82, 2.24) is 5.32 Å². The van der Waals surface area contributed by atoms with Gasteiger partial charge in [-0.2, -0.15) is 0 Å². The first kappa shape index (κ1) is 14.6. The van der Waals surface area contributed by atoms with Crippen molar-refractivity contribution in [3.05, 3.63) is 35.6 Å². The summed E-state index contributed by atoms with van der Waals surface area (Å²) in [5, 5.41) is 2.78. The Bertz CT molecular complexity index is 413. The summed E-state index contributed by atoms with van der Waals surface area (Å²) < 4.78 is 13.5. The molecule has 0 radical (unpaired) electrons. The predicted octanol–water partition coefficient (Wildman–Crippen LogP) is 2.52. The minimum absolute atomic E-state index is 0.107. The molecule has 0 aliphatic heterocycles. The predicted molar refractivity (Wildman–Crippen MR) is 70.5 cm³/mol. The molecule has 3 N–H and O–H groups in total. The molecule has 0 heterocycles. The Hall–Kier alpha value is -1.42. The van der Waals surface area contributed by atoms with Crippen LogP contribution < -0.4 is 11.1 Å². The fraction of sp³-hybridized carbons (Fsp3) is 0.500. The maximum atomic E-state index is 13.5. The largest absolute Gasteiger partial charge is 0.349 e. The number of nitrogens with two attached hydrogens (primary N) is 1. The maximum Gasteiger partial charge on any atom is 0.220 e. The van der Waals surface area contributed by atoms with Gasteiger partial charge in [0, 0.05) is 17.5 Å². The summed E-state index contributed by atoms with van der Waals surface area (Å²) in [6.45, 7) is 5.52. The lowest BCUT2D eigenvalue weighted by Crippen LogP contribution is -2.35. The van der Waals surface area contributed by atoms with Gasteiger partial charge in [-0.1, -0.05) is 18.2 Å². The topological polar surface area (TPSA) is 55.1 Å². The molecule has 0 saturated heterocycles. The standard InChI is InChI=1S/C14H21FN2O/c1-10(11-6-4-5-7-12(11)15)17-13(18)8-9-14(2,3)16/h4-7,10H,8-9,16H2,1-3H3,(H,17,18)/t10-/m1/s1. The third-order valence-electron chi connectivity index (χ3n) is 2.75. The first-order valence-corrected chi connectivity index (χ1v) is 6.12. The molecule has 1 atom stereocenters. The second kappa shape index (κ2) is 5.96. The van der Waals surface area contributed by atoms with E-state index in [0.29, 0.717) is 18.4 Å². The van der Waals surface area contributed by atoms with Gasteiger partial charge in [-0.05, 0) is 33.3 Å². The number of hydrogen-bond donors (Lipinski definition) is 2. The Labute approximate surface area is 108 Å². The molecule has 0 saturated carbocycles. The molecular formula is C14H21FN2O. The molecule has 4 heteroatoms. The molecule has 0 aromatic heterocycles. The number of rotatable bonds is 5. The third-order valence-corrected chi connectivity index (χ3v) is 2.75. The first-order chi connectivity index (χ1) is 8.29. The molecule has 3 nitrogen and oxygen atoms in total. The van der Waals surface area contributed by atoms with Crippen LogP contribution in [0.3, 0.4) is 0 Å². The van der Waals surface area contributed by atoms with Crippen LogP contribution in [0.5, 0.6) is 0 Å². The average molecular weight is 252 g/mol. The molecule has 0 bridgehead atoms. The summed E-state index contributed by atoms with van der Waals surface area (Å²) in [7, 11) is 0. The molecule has 0 aliphatic carbocycles. The highest BCUT2D eigenvalue weighted by atomic mass is 19.1. The summed E-state index contributed by atoms with van der Waals surface area (Å²) in [6, 6.07) is 6.11. The van der Waals surface area contributed by atoms with Crippen molar-refractivity contribution < 1.29 is 9.18 Å². The fourth-order valence-corrected chi connectivity index (χ4v) is 1.65. The van der Waals surface area contributed by atoms with E-state index in [4.69, 9.17) is 5.73 Å². The molecule has 18 heavy (non-hydrogen) atoms. The number of carbonyl (C=O) groups is 1. The van der Waals surface area contributed by atoms with Crippen LogP contribution in [0, 0.1) is 5.82 Å². The van der Waals surface area contributed by atoms with E-state index in [1.807, 2.05) is 13.8 Å². The van der Waals surface area contributed by atoms with Crippen LogP contribution in [0.15, 0.2) is 24.3 Å². The lowest BCUT2D eigenvalue weighted by atomic mass is 9.99. The van der Waals surface area contributed by atoms with Gasteiger partial charge in [-0.15, -0.1) is 0 Å². The highest BCUT2D eigenvalue weighted by Crippen LogP contribution is 2.16. The van der Waals surface area contributed by atoms with Crippen molar-refractivity contribution in [3.8, 4) is 0 Å². The molecule has 0 spiro atoms. The lowest BCUT2D eigenvalue weighted by molar-refractivity contribution is -0.122. The van der Waals surface area contributed by atoms with E-state index >= 15 is 0 Å². The molecule has 0 aliphatic rings. The molecule has 100 valence electrons. The normalized spacial score (nSPS) is 13.2. The summed E-state index contributed by atoms with van der Waals surface area (Å²) >= 11 is 0. The van der Waals surface area contributed by atoms with Crippen molar-refractivity contribution >= 4 is 5.91 Å². The van der Waals surface area contributed by atoms with E-state index in [1.54, 1.807) is 25.1 Å². The zero-order valence-corrected chi connectivity index (χ0v) is 11.2. The molecule has 1 aromatic carbocycles. The quantitative estimate of drug-likeness (QED) is 0.846. The first-order valence-electron chi connectivity index (χ1n) is 6.12. The smallest absolute Gasteiger partial charge is 0.220 e. The summed E-state index contributed by atoms with van der Waals surface area (Å²) in [5.74, 6) is -0.409. The van der Waals surface area contributed by atoms with Gasteiger partial charge in [0.25, 0.3) is 0 Å². The van der Waals surface area contributed by atoms with Gasteiger partial charge in [0.05, 0.1) is 6.04 Å². The van der Waals surface area contributed by atoms with E-state index in [-0.39, 0.29) is 23.3 Å². The number of halogens is 1. The third kappa shape index (κ3) is 4.84. The van der Waals surface area contributed by atoms with E-state index in [2.05, 4.69) is 5.32 Å². The van der Waals surface area contributed by atoms with E-state index in [1.165, 1.54) is 6.07 Å². The second-order valence-electron chi connectivity index (χ2n) is 5.30.